The number of hydrogen-bond acceptors (Lipinski definition) is 4. The minimum atomic E-state index is 0.809. The first-order valence-electron chi connectivity index (χ1n) is 21.0. The van der Waals surface area contributed by atoms with E-state index in [0.717, 1.165) is 111 Å². The molecule has 290 valence electrons. The fourth-order valence-corrected chi connectivity index (χ4v) is 9.58. The maximum absolute atomic E-state index is 6.98. The molecule has 0 saturated carbocycles. The molecule has 0 unspecified atom stereocenters. The van der Waals surface area contributed by atoms with Gasteiger partial charge in [0.2, 0.25) is 0 Å². The first-order valence-corrected chi connectivity index (χ1v) is 21.0. The number of nitrogens with zero attached hydrogens (tertiary/aromatic N) is 1. The molecule has 0 radical (unpaired) electrons. The molecule has 13 rings (SSSR count). The van der Waals surface area contributed by atoms with Crippen molar-refractivity contribution in [1.82, 2.24) is 0 Å². The summed E-state index contributed by atoms with van der Waals surface area (Å²) < 4.78 is 19.8. The fraction of sp³-hybridized carbons (Fsp3) is 0. The highest BCUT2D eigenvalue weighted by Crippen LogP contribution is 2.48. The Bertz CT molecular complexity index is 3870. The summed E-state index contributed by atoms with van der Waals surface area (Å²) in [5, 5.41) is 8.99. The van der Waals surface area contributed by atoms with Crippen molar-refractivity contribution < 1.29 is 13.3 Å². The third-order valence-corrected chi connectivity index (χ3v) is 12.5. The minimum Gasteiger partial charge on any atom is -0.456 e. The Morgan fingerprint density at radius 3 is 1.60 bits per heavy atom. The van der Waals surface area contributed by atoms with Gasteiger partial charge in [0.25, 0.3) is 0 Å². The van der Waals surface area contributed by atoms with Gasteiger partial charge in [0.15, 0.2) is 5.58 Å². The largest absolute Gasteiger partial charge is 0.456 e. The summed E-state index contributed by atoms with van der Waals surface area (Å²) >= 11 is 0. The van der Waals surface area contributed by atoms with E-state index in [1.807, 2.05) is 30.3 Å². The van der Waals surface area contributed by atoms with E-state index in [1.54, 1.807) is 0 Å². The molecule has 0 aliphatic heterocycles. The van der Waals surface area contributed by atoms with Crippen molar-refractivity contribution >= 4 is 93.7 Å². The van der Waals surface area contributed by atoms with Gasteiger partial charge in [-0.1, -0.05) is 152 Å². The quantitative estimate of drug-likeness (QED) is 0.168. The number of benzene rings is 10. The van der Waals surface area contributed by atoms with Gasteiger partial charge in [0.1, 0.15) is 27.9 Å². The molecule has 0 saturated heterocycles. The van der Waals surface area contributed by atoms with Crippen LogP contribution in [0.25, 0.3) is 110 Å². The second kappa shape index (κ2) is 13.6. The van der Waals surface area contributed by atoms with E-state index in [1.165, 1.54) is 16.3 Å². The van der Waals surface area contributed by atoms with Crippen LogP contribution in [0.3, 0.4) is 0 Å². The molecule has 4 nitrogen and oxygen atoms in total. The van der Waals surface area contributed by atoms with Crippen LogP contribution in [-0.4, -0.2) is 0 Å². The predicted octanol–water partition coefficient (Wildman–Crippen LogP) is 17.0. The van der Waals surface area contributed by atoms with E-state index in [2.05, 4.69) is 187 Å². The van der Waals surface area contributed by atoms with Gasteiger partial charge < -0.3 is 18.2 Å². The molecule has 4 heteroatoms. The van der Waals surface area contributed by atoms with Crippen LogP contribution in [0.15, 0.2) is 226 Å². The van der Waals surface area contributed by atoms with E-state index in [-0.39, 0.29) is 0 Å². The summed E-state index contributed by atoms with van der Waals surface area (Å²) in [6.45, 7) is 0. The van der Waals surface area contributed by atoms with Crippen LogP contribution in [0.5, 0.6) is 0 Å². The lowest BCUT2D eigenvalue weighted by Gasteiger charge is -2.26. The van der Waals surface area contributed by atoms with Crippen LogP contribution in [0.4, 0.5) is 17.1 Å². The summed E-state index contributed by atoms with van der Waals surface area (Å²) in [5.74, 6) is 0. The van der Waals surface area contributed by atoms with Crippen LogP contribution in [0.2, 0.25) is 0 Å². The lowest BCUT2D eigenvalue weighted by Crippen LogP contribution is -2.10. The zero-order chi connectivity index (χ0) is 40.7. The van der Waals surface area contributed by atoms with Crippen molar-refractivity contribution in [1.29, 1.82) is 0 Å². The first kappa shape index (κ1) is 34.5. The number of furan rings is 3. The van der Waals surface area contributed by atoms with Gasteiger partial charge in [-0.05, 0) is 99.3 Å². The Morgan fingerprint density at radius 1 is 0.290 bits per heavy atom. The molecule has 0 aliphatic rings. The zero-order valence-electron chi connectivity index (χ0n) is 33.4. The lowest BCUT2D eigenvalue weighted by atomic mass is 9.94. The van der Waals surface area contributed by atoms with Gasteiger partial charge in [-0.2, -0.15) is 0 Å². The molecule has 0 atom stereocenters. The molecular weight excluding hydrogens is 759 g/mol. The second-order valence-corrected chi connectivity index (χ2v) is 16.0. The SMILES string of the molecule is c1ccc2cc(-c3ccc(N(c4ccc(-c5cccc6c5oc5ccccc56)cc4)c4ccc(-c5cccc6oc7ccccc7c56)c5c4oc4ccccc45)cc3)ccc2c1. The number of para-hydroxylation sites is 4. The molecule has 0 N–H and O–H groups in total. The summed E-state index contributed by atoms with van der Waals surface area (Å²) in [5.41, 5.74) is 14.8. The highest BCUT2D eigenvalue weighted by Gasteiger charge is 2.24. The highest BCUT2D eigenvalue weighted by atomic mass is 16.3. The van der Waals surface area contributed by atoms with E-state index in [4.69, 9.17) is 13.3 Å². The Morgan fingerprint density at radius 2 is 0.823 bits per heavy atom. The monoisotopic (exact) mass is 793 g/mol. The third-order valence-electron chi connectivity index (χ3n) is 12.5. The molecule has 13 aromatic rings. The zero-order valence-corrected chi connectivity index (χ0v) is 33.4. The number of rotatable bonds is 6. The van der Waals surface area contributed by atoms with Crippen molar-refractivity contribution in [2.45, 2.75) is 0 Å². The lowest BCUT2D eigenvalue weighted by molar-refractivity contribution is 0.668. The number of anilines is 3. The van der Waals surface area contributed by atoms with E-state index in [0.29, 0.717) is 0 Å². The molecule has 3 heterocycles. The molecule has 62 heavy (non-hydrogen) atoms. The topological polar surface area (TPSA) is 42.7 Å². The van der Waals surface area contributed by atoms with Crippen molar-refractivity contribution in [2.75, 3.05) is 4.90 Å². The maximum atomic E-state index is 6.98. The summed E-state index contributed by atoms with van der Waals surface area (Å²) in [4.78, 5) is 2.32. The second-order valence-electron chi connectivity index (χ2n) is 16.0. The number of hydrogen-bond donors (Lipinski definition) is 0. The Hall–Kier alpha value is -8.34. The summed E-state index contributed by atoms with van der Waals surface area (Å²) in [6.07, 6.45) is 0. The fourth-order valence-electron chi connectivity index (χ4n) is 9.58. The van der Waals surface area contributed by atoms with Crippen molar-refractivity contribution in [3.05, 3.63) is 212 Å². The normalized spacial score (nSPS) is 11.9. The number of fused-ring (bicyclic) bond motifs is 10. The average Bonchev–Trinajstić information content (AvgIpc) is 4.04. The summed E-state index contributed by atoms with van der Waals surface area (Å²) in [6, 6.07) is 74.9. The smallest absolute Gasteiger partial charge is 0.160 e. The summed E-state index contributed by atoms with van der Waals surface area (Å²) in [7, 11) is 0. The van der Waals surface area contributed by atoms with Gasteiger partial charge >= 0.3 is 0 Å². The van der Waals surface area contributed by atoms with Crippen molar-refractivity contribution in [3.63, 3.8) is 0 Å². The average molecular weight is 794 g/mol. The molecule has 10 aromatic carbocycles. The van der Waals surface area contributed by atoms with Crippen molar-refractivity contribution in [2.24, 2.45) is 0 Å². The van der Waals surface area contributed by atoms with E-state index in [9.17, 15) is 0 Å². The Balaban J connectivity index is 1.01. The van der Waals surface area contributed by atoms with E-state index < -0.39 is 0 Å². The highest BCUT2D eigenvalue weighted by molar-refractivity contribution is 6.21. The van der Waals surface area contributed by atoms with Crippen LogP contribution in [0, 0.1) is 0 Å². The minimum absolute atomic E-state index is 0.809. The van der Waals surface area contributed by atoms with Gasteiger partial charge in [0.05, 0.1) is 5.69 Å². The molecular formula is C58H35NO3. The van der Waals surface area contributed by atoms with Gasteiger partial charge in [-0.3, -0.25) is 0 Å². The van der Waals surface area contributed by atoms with Gasteiger partial charge in [-0.15, -0.1) is 0 Å². The molecule has 0 fully saturated rings. The van der Waals surface area contributed by atoms with E-state index >= 15 is 0 Å². The van der Waals surface area contributed by atoms with Crippen LogP contribution >= 0.6 is 0 Å². The molecule has 0 spiro atoms. The van der Waals surface area contributed by atoms with Crippen LogP contribution < -0.4 is 4.90 Å². The molecule has 3 aromatic heterocycles. The predicted molar refractivity (Wildman–Crippen MR) is 257 cm³/mol. The van der Waals surface area contributed by atoms with Crippen LogP contribution in [0.1, 0.15) is 0 Å². The molecule has 0 bridgehead atoms. The molecule has 0 aliphatic carbocycles. The van der Waals surface area contributed by atoms with Gasteiger partial charge in [0, 0.05) is 49.3 Å². The molecule has 0 amide bonds. The maximum Gasteiger partial charge on any atom is 0.160 e. The van der Waals surface area contributed by atoms with Gasteiger partial charge in [-0.25, -0.2) is 0 Å². The van der Waals surface area contributed by atoms with Crippen LogP contribution in [-0.2, 0) is 0 Å². The van der Waals surface area contributed by atoms with Crippen molar-refractivity contribution in [3.8, 4) is 33.4 Å². The first-order chi connectivity index (χ1) is 30.7. The Kier molecular flexibility index (Phi) is 7.57. The standard InChI is InChI=1S/C58H35NO3/c1-2-12-39-35-40(24-23-36(39)11-1)37-25-29-41(30-26-37)59(42-31-27-38(28-32-42)43-16-9-18-47-44-13-3-6-19-51(44)61-57(43)47)50-34-33-46(56-49-15-5-8-21-53(49)62-58(50)56)45-17-10-22-54-55(45)48-14-4-7-20-52(48)60-54/h1-35H. The third kappa shape index (κ3) is 5.33. The Labute approximate surface area is 356 Å².